The highest BCUT2D eigenvalue weighted by atomic mass is 16.1. The second-order valence-corrected chi connectivity index (χ2v) is 5.71. The van der Waals surface area contributed by atoms with Crippen molar-refractivity contribution < 1.29 is 4.79 Å². The summed E-state index contributed by atoms with van der Waals surface area (Å²) in [7, 11) is 0. The lowest BCUT2D eigenvalue weighted by Crippen LogP contribution is -2.42. The van der Waals surface area contributed by atoms with Gasteiger partial charge in [-0.2, -0.15) is 0 Å². The lowest BCUT2D eigenvalue weighted by molar-refractivity contribution is -0.121. The molecule has 0 aromatic carbocycles. The average Bonchev–Trinajstić information content (AvgIpc) is 2.98. The highest BCUT2D eigenvalue weighted by Gasteiger charge is 2.25. The maximum atomic E-state index is 11.8. The van der Waals surface area contributed by atoms with E-state index in [0.29, 0.717) is 18.6 Å². The van der Waals surface area contributed by atoms with Gasteiger partial charge in [-0.05, 0) is 31.6 Å². The SMILES string of the molecule is CCC(CC1CC1)NC(=O)CNC1CCCC1. The Hall–Kier alpha value is -0.570. The molecule has 3 nitrogen and oxygen atoms in total. The summed E-state index contributed by atoms with van der Waals surface area (Å²) in [5.74, 6) is 1.08. The summed E-state index contributed by atoms with van der Waals surface area (Å²) in [6, 6.07) is 0.990. The lowest BCUT2D eigenvalue weighted by Gasteiger charge is -2.18. The van der Waals surface area contributed by atoms with Gasteiger partial charge in [0.15, 0.2) is 0 Å². The van der Waals surface area contributed by atoms with Crippen LogP contribution in [0.4, 0.5) is 0 Å². The van der Waals surface area contributed by atoms with Crippen LogP contribution in [0.25, 0.3) is 0 Å². The molecule has 0 spiro atoms. The van der Waals surface area contributed by atoms with Crippen LogP contribution < -0.4 is 10.6 Å². The van der Waals surface area contributed by atoms with Crippen molar-refractivity contribution in [3.63, 3.8) is 0 Å². The molecule has 2 N–H and O–H groups in total. The number of hydrogen-bond donors (Lipinski definition) is 2. The number of carbonyl (C=O) groups is 1. The van der Waals surface area contributed by atoms with E-state index in [2.05, 4.69) is 17.6 Å². The first-order valence-corrected chi connectivity index (χ1v) is 7.30. The van der Waals surface area contributed by atoms with Crippen LogP contribution in [0.15, 0.2) is 0 Å². The zero-order valence-corrected chi connectivity index (χ0v) is 11.0. The highest BCUT2D eigenvalue weighted by molar-refractivity contribution is 5.78. The smallest absolute Gasteiger partial charge is 0.234 e. The van der Waals surface area contributed by atoms with Crippen molar-refractivity contribution in [3.05, 3.63) is 0 Å². The molecule has 3 heteroatoms. The molecule has 0 aromatic heterocycles. The van der Waals surface area contributed by atoms with E-state index < -0.39 is 0 Å². The molecule has 2 rings (SSSR count). The first-order valence-electron chi connectivity index (χ1n) is 7.30. The van der Waals surface area contributed by atoms with Crippen LogP contribution >= 0.6 is 0 Å². The summed E-state index contributed by atoms with van der Waals surface area (Å²) in [5, 5.41) is 6.53. The quantitative estimate of drug-likeness (QED) is 0.714. The van der Waals surface area contributed by atoms with Gasteiger partial charge in [0.05, 0.1) is 6.54 Å². The van der Waals surface area contributed by atoms with Crippen LogP contribution in [0.3, 0.4) is 0 Å². The van der Waals surface area contributed by atoms with Crippen molar-refractivity contribution >= 4 is 5.91 Å². The molecule has 0 bridgehead atoms. The Bertz CT molecular complexity index is 245. The van der Waals surface area contributed by atoms with E-state index in [1.54, 1.807) is 0 Å². The molecule has 0 heterocycles. The van der Waals surface area contributed by atoms with Crippen molar-refractivity contribution in [2.45, 2.75) is 70.4 Å². The minimum atomic E-state index is 0.185. The van der Waals surface area contributed by atoms with Crippen LogP contribution in [-0.4, -0.2) is 24.5 Å². The normalized spacial score (nSPS) is 22.6. The maximum absolute atomic E-state index is 11.8. The third kappa shape index (κ3) is 4.66. The fourth-order valence-corrected chi connectivity index (χ4v) is 2.73. The first-order chi connectivity index (χ1) is 8.28. The summed E-state index contributed by atoms with van der Waals surface area (Å²) >= 11 is 0. The largest absolute Gasteiger partial charge is 0.352 e. The third-order valence-corrected chi connectivity index (χ3v) is 4.08. The van der Waals surface area contributed by atoms with Gasteiger partial charge in [-0.3, -0.25) is 4.79 Å². The van der Waals surface area contributed by atoms with Gasteiger partial charge in [0.2, 0.25) is 5.91 Å². The Morgan fingerprint density at radius 2 is 1.94 bits per heavy atom. The zero-order chi connectivity index (χ0) is 12.1. The molecule has 17 heavy (non-hydrogen) atoms. The van der Waals surface area contributed by atoms with Gasteiger partial charge in [-0.1, -0.05) is 32.6 Å². The van der Waals surface area contributed by atoms with E-state index in [9.17, 15) is 4.79 Å². The first kappa shape index (κ1) is 12.9. The van der Waals surface area contributed by atoms with Crippen molar-refractivity contribution in [2.75, 3.05) is 6.54 Å². The molecular formula is C14H26N2O. The minimum absolute atomic E-state index is 0.185. The Morgan fingerprint density at radius 3 is 2.53 bits per heavy atom. The van der Waals surface area contributed by atoms with E-state index in [-0.39, 0.29) is 5.91 Å². The van der Waals surface area contributed by atoms with Crippen molar-refractivity contribution in [2.24, 2.45) is 5.92 Å². The second kappa shape index (κ2) is 6.39. The average molecular weight is 238 g/mol. The van der Waals surface area contributed by atoms with Crippen molar-refractivity contribution in [3.8, 4) is 0 Å². The fraction of sp³-hybridized carbons (Fsp3) is 0.929. The van der Waals surface area contributed by atoms with Crippen molar-refractivity contribution in [1.82, 2.24) is 10.6 Å². The zero-order valence-electron chi connectivity index (χ0n) is 11.0. The predicted octanol–water partition coefficient (Wildman–Crippen LogP) is 2.21. The van der Waals surface area contributed by atoms with Crippen LogP contribution in [0.1, 0.15) is 58.3 Å². The summed E-state index contributed by atoms with van der Waals surface area (Å²) in [6.07, 6.45) is 10.1. The Kier molecular flexibility index (Phi) is 4.84. The molecule has 1 unspecified atom stereocenters. The monoisotopic (exact) mass is 238 g/mol. The number of hydrogen-bond acceptors (Lipinski definition) is 2. The molecule has 1 amide bonds. The topological polar surface area (TPSA) is 41.1 Å². The molecule has 0 aliphatic heterocycles. The van der Waals surface area contributed by atoms with Crippen LogP contribution in [0.2, 0.25) is 0 Å². The molecular weight excluding hydrogens is 212 g/mol. The summed E-state index contributed by atoms with van der Waals surface area (Å²) in [6.45, 7) is 2.67. The fourth-order valence-electron chi connectivity index (χ4n) is 2.73. The summed E-state index contributed by atoms with van der Waals surface area (Å²) in [4.78, 5) is 11.8. The Labute approximate surface area is 105 Å². The van der Waals surface area contributed by atoms with E-state index in [1.807, 2.05) is 0 Å². The molecule has 0 saturated heterocycles. The number of carbonyl (C=O) groups excluding carboxylic acids is 1. The number of amides is 1. The van der Waals surface area contributed by atoms with E-state index in [1.165, 1.54) is 44.9 Å². The lowest BCUT2D eigenvalue weighted by atomic mass is 10.1. The predicted molar refractivity (Wildman–Crippen MR) is 69.8 cm³/mol. The van der Waals surface area contributed by atoms with Gasteiger partial charge in [-0.15, -0.1) is 0 Å². The number of rotatable bonds is 7. The van der Waals surface area contributed by atoms with Gasteiger partial charge in [0.1, 0.15) is 0 Å². The molecule has 2 fully saturated rings. The molecule has 0 aromatic rings. The van der Waals surface area contributed by atoms with E-state index in [0.717, 1.165) is 12.3 Å². The molecule has 2 aliphatic carbocycles. The Morgan fingerprint density at radius 1 is 1.24 bits per heavy atom. The molecule has 0 radical (unpaired) electrons. The van der Waals surface area contributed by atoms with Gasteiger partial charge >= 0.3 is 0 Å². The highest BCUT2D eigenvalue weighted by Crippen LogP contribution is 2.33. The van der Waals surface area contributed by atoms with Gasteiger partial charge in [0, 0.05) is 12.1 Å². The molecule has 2 saturated carbocycles. The van der Waals surface area contributed by atoms with Crippen LogP contribution in [0, 0.1) is 5.92 Å². The molecule has 98 valence electrons. The second-order valence-electron chi connectivity index (χ2n) is 5.71. The molecule has 1 atom stereocenters. The summed E-state index contributed by atoms with van der Waals surface area (Å²) < 4.78 is 0. The van der Waals surface area contributed by atoms with Gasteiger partial charge in [0.25, 0.3) is 0 Å². The third-order valence-electron chi connectivity index (χ3n) is 4.08. The van der Waals surface area contributed by atoms with Crippen LogP contribution in [0.5, 0.6) is 0 Å². The van der Waals surface area contributed by atoms with Crippen LogP contribution in [-0.2, 0) is 4.79 Å². The van der Waals surface area contributed by atoms with E-state index >= 15 is 0 Å². The molecule has 2 aliphatic rings. The Balaban J connectivity index is 1.60. The van der Waals surface area contributed by atoms with Gasteiger partial charge in [-0.25, -0.2) is 0 Å². The standard InChI is InChI=1S/C14H26N2O/c1-2-12(9-11-7-8-11)16-14(17)10-15-13-5-3-4-6-13/h11-13,15H,2-10H2,1H3,(H,16,17). The maximum Gasteiger partial charge on any atom is 0.234 e. The van der Waals surface area contributed by atoms with Gasteiger partial charge < -0.3 is 10.6 Å². The number of nitrogens with one attached hydrogen (secondary N) is 2. The summed E-state index contributed by atoms with van der Waals surface area (Å²) in [5.41, 5.74) is 0. The van der Waals surface area contributed by atoms with E-state index in [4.69, 9.17) is 0 Å². The minimum Gasteiger partial charge on any atom is -0.352 e. The van der Waals surface area contributed by atoms with Crippen molar-refractivity contribution in [1.29, 1.82) is 0 Å².